The van der Waals surface area contributed by atoms with Crippen molar-refractivity contribution in [3.05, 3.63) is 58.0 Å². The van der Waals surface area contributed by atoms with Gasteiger partial charge in [-0.15, -0.1) is 11.3 Å². The van der Waals surface area contributed by atoms with Crippen molar-refractivity contribution in [3.63, 3.8) is 0 Å². The van der Waals surface area contributed by atoms with Crippen molar-refractivity contribution in [2.75, 3.05) is 44.9 Å². The Morgan fingerprint density at radius 2 is 1.97 bits per heavy atom. The van der Waals surface area contributed by atoms with Crippen molar-refractivity contribution in [1.29, 1.82) is 0 Å². The first-order valence-electron chi connectivity index (χ1n) is 10.4. The summed E-state index contributed by atoms with van der Waals surface area (Å²) in [5.74, 6) is 1.21. The molecule has 1 fully saturated rings. The number of hydrogen-bond donors (Lipinski definition) is 1. The molecule has 1 aliphatic heterocycles. The monoisotopic (exact) mass is 437 g/mol. The van der Waals surface area contributed by atoms with E-state index in [1.165, 1.54) is 10.4 Å². The van der Waals surface area contributed by atoms with Crippen LogP contribution in [0.1, 0.15) is 15.3 Å². The highest BCUT2D eigenvalue weighted by Crippen LogP contribution is 2.26. The summed E-state index contributed by atoms with van der Waals surface area (Å²) >= 11 is 1.72. The fraction of sp³-hybridized carbons (Fsp3) is 0.348. The Bertz CT molecular complexity index is 997. The van der Waals surface area contributed by atoms with E-state index in [1.54, 1.807) is 23.7 Å². The predicted octanol–water partition coefficient (Wildman–Crippen LogP) is 3.98. The summed E-state index contributed by atoms with van der Waals surface area (Å²) in [5, 5.41) is 4.38. The van der Waals surface area contributed by atoms with Gasteiger partial charge >= 0.3 is 0 Å². The lowest BCUT2D eigenvalue weighted by molar-refractivity contribution is 0.0320. The molecule has 0 unspecified atom stereocenters. The molecule has 4 rings (SSSR count). The van der Waals surface area contributed by atoms with E-state index in [2.05, 4.69) is 45.3 Å². The van der Waals surface area contributed by atoms with Crippen LogP contribution in [0.2, 0.25) is 0 Å². The van der Waals surface area contributed by atoms with Gasteiger partial charge in [0.25, 0.3) is 0 Å². The summed E-state index contributed by atoms with van der Waals surface area (Å²) < 4.78 is 11.4. The third-order valence-corrected chi connectivity index (χ3v) is 6.22. The Kier molecular flexibility index (Phi) is 7.24. The minimum Gasteiger partial charge on any atom is -0.476 e. The van der Waals surface area contributed by atoms with Crippen LogP contribution in [0.5, 0.6) is 5.88 Å². The van der Waals surface area contributed by atoms with Crippen molar-refractivity contribution in [3.8, 4) is 17.0 Å². The van der Waals surface area contributed by atoms with Crippen molar-refractivity contribution in [1.82, 2.24) is 14.9 Å². The molecular formula is C23H27N5O2S. The van der Waals surface area contributed by atoms with Gasteiger partial charge in [0.1, 0.15) is 6.61 Å². The van der Waals surface area contributed by atoms with E-state index < -0.39 is 0 Å². The van der Waals surface area contributed by atoms with Crippen LogP contribution in [-0.4, -0.2) is 60.5 Å². The molecule has 3 aromatic rings. The summed E-state index contributed by atoms with van der Waals surface area (Å²) in [7, 11) is 0. The normalized spacial score (nSPS) is 14.8. The van der Waals surface area contributed by atoms with E-state index in [0.717, 1.165) is 48.9 Å². The summed E-state index contributed by atoms with van der Waals surface area (Å²) in [5.41, 5.74) is 6.38. The molecule has 0 spiro atoms. The fourth-order valence-corrected chi connectivity index (χ4v) is 4.19. The second-order valence-corrected chi connectivity index (χ2v) is 8.66. The zero-order valence-electron chi connectivity index (χ0n) is 17.9. The zero-order valence-corrected chi connectivity index (χ0v) is 18.7. The van der Waals surface area contributed by atoms with E-state index in [9.17, 15) is 0 Å². The molecule has 1 N–H and O–H groups in total. The average Bonchev–Trinajstić information content (AvgIpc) is 3.12. The van der Waals surface area contributed by atoms with Gasteiger partial charge in [-0.25, -0.2) is 0 Å². The Morgan fingerprint density at radius 1 is 1.16 bits per heavy atom. The lowest BCUT2D eigenvalue weighted by Crippen LogP contribution is -2.38. The number of aryl methyl sites for hydroxylation is 2. The minimum atomic E-state index is 0.572. The standard InChI is InChI=1S/C23H27N5O2S/c1-17-13-21(31-18(17)2)16-25-27-22-14-20(19-3-5-24-6-4-19)15-23(26-22)30-12-9-28-7-10-29-11-8-28/h3-6,13-16H,7-12H2,1-2H3,(H,26,27)/b25-16+. The summed E-state index contributed by atoms with van der Waals surface area (Å²) in [4.78, 5) is 13.4. The van der Waals surface area contributed by atoms with Crippen LogP contribution in [0.25, 0.3) is 11.1 Å². The highest BCUT2D eigenvalue weighted by atomic mass is 32.1. The van der Waals surface area contributed by atoms with Crippen molar-refractivity contribution in [2.45, 2.75) is 13.8 Å². The Morgan fingerprint density at radius 3 is 2.71 bits per heavy atom. The van der Waals surface area contributed by atoms with Gasteiger partial charge < -0.3 is 9.47 Å². The van der Waals surface area contributed by atoms with Crippen LogP contribution in [0.15, 0.2) is 47.8 Å². The van der Waals surface area contributed by atoms with E-state index in [4.69, 9.17) is 9.47 Å². The van der Waals surface area contributed by atoms with Gasteiger partial charge in [0.15, 0.2) is 5.82 Å². The number of hydrogen-bond acceptors (Lipinski definition) is 8. The van der Waals surface area contributed by atoms with E-state index in [0.29, 0.717) is 18.3 Å². The second-order valence-electron chi connectivity index (χ2n) is 7.38. The zero-order chi connectivity index (χ0) is 21.5. The van der Waals surface area contributed by atoms with E-state index in [1.807, 2.05) is 30.5 Å². The van der Waals surface area contributed by atoms with Gasteiger partial charge in [-0.1, -0.05) is 0 Å². The van der Waals surface area contributed by atoms with Gasteiger partial charge in [0.05, 0.1) is 19.4 Å². The van der Waals surface area contributed by atoms with Crippen LogP contribution >= 0.6 is 11.3 Å². The topological polar surface area (TPSA) is 71.9 Å². The molecule has 3 aromatic heterocycles. The summed E-state index contributed by atoms with van der Waals surface area (Å²) in [6, 6.07) is 9.99. The molecule has 31 heavy (non-hydrogen) atoms. The highest BCUT2D eigenvalue weighted by molar-refractivity contribution is 7.13. The lowest BCUT2D eigenvalue weighted by atomic mass is 10.1. The summed E-state index contributed by atoms with van der Waals surface area (Å²) in [6.07, 6.45) is 5.38. The smallest absolute Gasteiger partial charge is 0.215 e. The molecule has 0 aromatic carbocycles. The number of rotatable bonds is 8. The first kappa shape index (κ1) is 21.4. The Labute approximate surface area is 186 Å². The largest absolute Gasteiger partial charge is 0.476 e. The van der Waals surface area contributed by atoms with Gasteiger partial charge in [-0.05, 0) is 54.8 Å². The fourth-order valence-electron chi connectivity index (χ4n) is 3.28. The number of hydrazone groups is 1. The Balaban J connectivity index is 1.47. The molecule has 4 heterocycles. The van der Waals surface area contributed by atoms with Crippen LogP contribution < -0.4 is 10.2 Å². The highest BCUT2D eigenvalue weighted by Gasteiger charge is 2.11. The van der Waals surface area contributed by atoms with E-state index >= 15 is 0 Å². The molecule has 0 aliphatic carbocycles. The number of nitrogens with zero attached hydrogens (tertiary/aromatic N) is 4. The maximum Gasteiger partial charge on any atom is 0.215 e. The SMILES string of the molecule is Cc1cc(/C=N/Nc2cc(-c3ccncc3)cc(OCCN3CCOCC3)n2)sc1C. The van der Waals surface area contributed by atoms with Crippen LogP contribution in [0.3, 0.4) is 0 Å². The van der Waals surface area contributed by atoms with Crippen molar-refractivity contribution in [2.24, 2.45) is 5.10 Å². The van der Waals surface area contributed by atoms with Crippen molar-refractivity contribution >= 4 is 23.4 Å². The first-order chi connectivity index (χ1) is 15.2. The predicted molar refractivity (Wildman–Crippen MR) is 125 cm³/mol. The van der Waals surface area contributed by atoms with Crippen molar-refractivity contribution < 1.29 is 9.47 Å². The number of aromatic nitrogens is 2. The van der Waals surface area contributed by atoms with Crippen LogP contribution in [0, 0.1) is 13.8 Å². The molecule has 8 heteroatoms. The third kappa shape index (κ3) is 6.10. The van der Waals surface area contributed by atoms with Crippen LogP contribution in [-0.2, 0) is 4.74 Å². The van der Waals surface area contributed by atoms with Crippen LogP contribution in [0.4, 0.5) is 5.82 Å². The Hall–Kier alpha value is -2.81. The van der Waals surface area contributed by atoms with Gasteiger partial charge in [0.2, 0.25) is 5.88 Å². The molecule has 162 valence electrons. The average molecular weight is 438 g/mol. The van der Waals surface area contributed by atoms with Gasteiger partial charge in [0, 0.05) is 47.8 Å². The number of anilines is 1. The second kappa shape index (κ2) is 10.5. The van der Waals surface area contributed by atoms with Gasteiger partial charge in [-0.2, -0.15) is 10.1 Å². The number of ether oxygens (including phenoxy) is 2. The number of pyridine rings is 2. The van der Waals surface area contributed by atoms with Gasteiger partial charge in [-0.3, -0.25) is 15.3 Å². The number of thiophene rings is 1. The quantitative estimate of drug-likeness (QED) is 0.425. The minimum absolute atomic E-state index is 0.572. The molecule has 0 saturated carbocycles. The molecule has 0 radical (unpaired) electrons. The maximum absolute atomic E-state index is 6.00. The molecule has 0 atom stereocenters. The molecule has 1 aliphatic rings. The number of morpholine rings is 1. The third-order valence-electron chi connectivity index (χ3n) is 5.13. The molecule has 0 bridgehead atoms. The molecular weight excluding hydrogens is 410 g/mol. The number of nitrogens with one attached hydrogen (secondary N) is 1. The molecule has 1 saturated heterocycles. The lowest BCUT2D eigenvalue weighted by Gasteiger charge is -2.26. The maximum atomic E-state index is 6.00. The molecule has 0 amide bonds. The summed E-state index contributed by atoms with van der Waals surface area (Å²) in [6.45, 7) is 9.10. The molecule has 7 nitrogen and oxygen atoms in total. The first-order valence-corrected chi connectivity index (χ1v) is 11.2. The van der Waals surface area contributed by atoms with E-state index in [-0.39, 0.29) is 0 Å².